The van der Waals surface area contributed by atoms with Crippen molar-refractivity contribution < 1.29 is 14.3 Å². The van der Waals surface area contributed by atoms with Gasteiger partial charge >= 0.3 is 0 Å². The lowest BCUT2D eigenvalue weighted by Gasteiger charge is -2.26. The molecule has 0 spiro atoms. The van der Waals surface area contributed by atoms with Gasteiger partial charge in [0.1, 0.15) is 5.04 Å². The van der Waals surface area contributed by atoms with Crippen LogP contribution in [0.3, 0.4) is 0 Å². The van der Waals surface area contributed by atoms with Crippen molar-refractivity contribution in [1.82, 2.24) is 14.5 Å². The molecule has 0 atom stereocenters. The van der Waals surface area contributed by atoms with Crippen LogP contribution in [0.2, 0.25) is 0 Å². The van der Waals surface area contributed by atoms with Crippen LogP contribution in [0.5, 0.6) is 0 Å². The number of amidine groups is 2. The number of fused-ring (bicyclic) bond motifs is 1. The highest BCUT2D eigenvalue weighted by atomic mass is 32.2. The maximum atomic E-state index is 12.9. The Hall–Kier alpha value is -3.50. The number of hydrogen-bond acceptors (Lipinski definition) is 6. The monoisotopic (exact) mass is 504 g/mol. The molecular formula is C26H28N6O3S. The lowest BCUT2D eigenvalue weighted by Crippen LogP contribution is -2.41. The van der Waals surface area contributed by atoms with E-state index in [2.05, 4.69) is 45.9 Å². The molecule has 0 aliphatic carbocycles. The van der Waals surface area contributed by atoms with Gasteiger partial charge in [-0.25, -0.2) is 0 Å². The van der Waals surface area contributed by atoms with Crippen molar-refractivity contribution in [2.45, 2.75) is 33.6 Å². The molecule has 9 nitrogen and oxygen atoms in total. The number of rotatable bonds is 5. The van der Waals surface area contributed by atoms with E-state index in [4.69, 9.17) is 10.1 Å². The zero-order valence-corrected chi connectivity index (χ0v) is 21.4. The summed E-state index contributed by atoms with van der Waals surface area (Å²) in [7, 11) is 0. The van der Waals surface area contributed by atoms with Crippen LogP contribution in [-0.4, -0.2) is 68.6 Å². The second-order valence-electron chi connectivity index (χ2n) is 8.87. The van der Waals surface area contributed by atoms with Crippen molar-refractivity contribution in [2.75, 3.05) is 26.3 Å². The van der Waals surface area contributed by atoms with Crippen LogP contribution in [-0.2, 0) is 20.7 Å². The number of thioether (sulfide) groups is 1. The number of aromatic nitrogens is 1. The number of carbonyl (C=O) groups excluding carboxylic acids is 2. The third-order valence-electron chi connectivity index (χ3n) is 6.54. The average molecular weight is 505 g/mol. The molecule has 10 heteroatoms. The molecule has 36 heavy (non-hydrogen) atoms. The van der Waals surface area contributed by atoms with Crippen molar-refractivity contribution >= 4 is 45.7 Å². The first kappa shape index (κ1) is 24.2. The van der Waals surface area contributed by atoms with Crippen LogP contribution >= 0.6 is 11.8 Å². The fourth-order valence-electron chi connectivity index (χ4n) is 4.52. The molecule has 0 unspecified atom stereocenters. The number of morpholine rings is 1. The van der Waals surface area contributed by atoms with Gasteiger partial charge in [0, 0.05) is 30.2 Å². The molecule has 1 saturated heterocycles. The molecule has 4 heterocycles. The number of benzene rings is 1. The van der Waals surface area contributed by atoms with E-state index in [0.717, 1.165) is 29.1 Å². The Balaban J connectivity index is 1.38. The molecule has 2 amide bonds. The normalized spacial score (nSPS) is 19.0. The number of aliphatic imine (C=N–C) groups is 1. The van der Waals surface area contributed by atoms with Gasteiger partial charge in [-0.05, 0) is 67.4 Å². The number of nitrogens with zero attached hydrogens (tertiary/aromatic N) is 5. The van der Waals surface area contributed by atoms with Crippen LogP contribution < -0.4 is 0 Å². The first-order chi connectivity index (χ1) is 17.4. The summed E-state index contributed by atoms with van der Waals surface area (Å²) < 4.78 is 7.44. The van der Waals surface area contributed by atoms with E-state index in [1.807, 2.05) is 19.9 Å². The first-order valence-electron chi connectivity index (χ1n) is 12.0. The van der Waals surface area contributed by atoms with Crippen molar-refractivity contribution in [3.8, 4) is 5.69 Å². The van der Waals surface area contributed by atoms with E-state index in [1.54, 1.807) is 11.0 Å². The van der Waals surface area contributed by atoms with Crippen molar-refractivity contribution in [3.63, 3.8) is 0 Å². The molecule has 3 aliphatic rings. The Kier molecular flexibility index (Phi) is 6.63. The standard InChI is InChI=1S/C26H28N6O3S/c1-4-18-5-7-20(8-6-18)31-16(2)13-19(17(31)3)14-21-24(27)32-26(28-25(21)34)36-22(29-32)15-23(33)30-9-11-35-12-10-30/h5-8,13-14,27H,4,9-12,15H2,1-3H3. The first-order valence-corrected chi connectivity index (χ1v) is 12.8. The highest BCUT2D eigenvalue weighted by Gasteiger charge is 2.36. The van der Waals surface area contributed by atoms with E-state index in [9.17, 15) is 9.59 Å². The number of ether oxygens (including phenoxy) is 1. The van der Waals surface area contributed by atoms with Gasteiger partial charge in [-0.2, -0.15) is 15.1 Å². The van der Waals surface area contributed by atoms with Crippen molar-refractivity contribution in [1.29, 1.82) is 5.41 Å². The SMILES string of the molecule is CCc1ccc(-n2c(C)cc(C=C3C(=N)N4N=C(CC(=O)N5CCOCC5)SC4=NC3=O)c2C)cc1. The third-order valence-corrected chi connectivity index (χ3v) is 7.44. The van der Waals surface area contributed by atoms with Crippen LogP contribution in [0.15, 0.2) is 46.0 Å². The average Bonchev–Trinajstić information content (AvgIpc) is 3.41. The number of carbonyl (C=O) groups is 2. The predicted molar refractivity (Wildman–Crippen MR) is 142 cm³/mol. The number of hydrogen-bond donors (Lipinski definition) is 1. The van der Waals surface area contributed by atoms with E-state index in [0.29, 0.717) is 36.5 Å². The molecule has 2 aromatic rings. The molecule has 186 valence electrons. The van der Waals surface area contributed by atoms with Crippen LogP contribution in [0, 0.1) is 19.3 Å². The van der Waals surface area contributed by atoms with Gasteiger partial charge in [0.2, 0.25) is 11.1 Å². The molecule has 1 aromatic carbocycles. The number of hydrazone groups is 1. The Labute approximate surface area is 214 Å². The molecule has 0 saturated carbocycles. The molecule has 0 bridgehead atoms. The fourth-order valence-corrected chi connectivity index (χ4v) is 5.40. The zero-order valence-electron chi connectivity index (χ0n) is 20.6. The smallest absolute Gasteiger partial charge is 0.283 e. The van der Waals surface area contributed by atoms with E-state index in [1.165, 1.54) is 22.3 Å². The third kappa shape index (κ3) is 4.54. The Morgan fingerprint density at radius 3 is 2.61 bits per heavy atom. The predicted octanol–water partition coefficient (Wildman–Crippen LogP) is 3.52. The highest BCUT2D eigenvalue weighted by Crippen LogP contribution is 2.31. The van der Waals surface area contributed by atoms with Gasteiger partial charge in [-0.15, -0.1) is 0 Å². The zero-order chi connectivity index (χ0) is 25.4. The van der Waals surface area contributed by atoms with Crippen LogP contribution in [0.25, 0.3) is 11.8 Å². The molecule has 5 rings (SSSR count). The van der Waals surface area contributed by atoms with Crippen molar-refractivity contribution in [2.24, 2.45) is 10.1 Å². The fraction of sp³-hybridized carbons (Fsp3) is 0.346. The van der Waals surface area contributed by atoms with Crippen LogP contribution in [0.1, 0.15) is 35.9 Å². The lowest BCUT2D eigenvalue weighted by atomic mass is 10.1. The van der Waals surface area contributed by atoms with Gasteiger partial charge < -0.3 is 14.2 Å². The number of amides is 2. The minimum atomic E-state index is -0.480. The molecule has 0 radical (unpaired) electrons. The second-order valence-corrected chi connectivity index (χ2v) is 9.91. The largest absolute Gasteiger partial charge is 0.378 e. The van der Waals surface area contributed by atoms with Gasteiger partial charge in [0.25, 0.3) is 5.91 Å². The lowest BCUT2D eigenvalue weighted by molar-refractivity contribution is -0.133. The van der Waals surface area contributed by atoms with Crippen molar-refractivity contribution in [3.05, 3.63) is 58.4 Å². The number of nitrogens with one attached hydrogen (secondary N) is 1. The summed E-state index contributed by atoms with van der Waals surface area (Å²) in [6.07, 6.45) is 2.80. The summed E-state index contributed by atoms with van der Waals surface area (Å²) in [4.78, 5) is 31.4. The molecular weight excluding hydrogens is 476 g/mol. The molecule has 3 aliphatic heterocycles. The maximum absolute atomic E-state index is 12.9. The molecule has 1 aromatic heterocycles. The summed E-state index contributed by atoms with van der Waals surface area (Å²) in [6.45, 7) is 8.32. The van der Waals surface area contributed by atoms with E-state index < -0.39 is 5.91 Å². The number of aryl methyl sites for hydroxylation is 2. The molecule has 1 N–H and O–H groups in total. The van der Waals surface area contributed by atoms with E-state index in [-0.39, 0.29) is 23.7 Å². The van der Waals surface area contributed by atoms with E-state index >= 15 is 0 Å². The van der Waals surface area contributed by atoms with Gasteiger partial charge in [0.05, 0.1) is 25.2 Å². The quantitative estimate of drug-likeness (QED) is 0.628. The maximum Gasteiger partial charge on any atom is 0.283 e. The summed E-state index contributed by atoms with van der Waals surface area (Å²) in [5, 5.41) is 15.3. The summed E-state index contributed by atoms with van der Waals surface area (Å²) >= 11 is 1.17. The van der Waals surface area contributed by atoms with Gasteiger partial charge in [0.15, 0.2) is 5.84 Å². The van der Waals surface area contributed by atoms with Crippen LogP contribution in [0.4, 0.5) is 0 Å². The Morgan fingerprint density at radius 2 is 1.92 bits per heavy atom. The second kappa shape index (κ2) is 9.87. The highest BCUT2D eigenvalue weighted by molar-refractivity contribution is 8.27. The Morgan fingerprint density at radius 1 is 1.19 bits per heavy atom. The summed E-state index contributed by atoms with van der Waals surface area (Å²) in [6, 6.07) is 10.4. The minimum Gasteiger partial charge on any atom is -0.378 e. The summed E-state index contributed by atoms with van der Waals surface area (Å²) in [5.41, 5.74) is 5.33. The van der Waals surface area contributed by atoms with Gasteiger partial charge in [-0.3, -0.25) is 15.0 Å². The Bertz CT molecular complexity index is 1330. The topological polar surface area (TPSA) is 103 Å². The van der Waals surface area contributed by atoms with Gasteiger partial charge in [-0.1, -0.05) is 19.1 Å². The molecule has 1 fully saturated rings. The minimum absolute atomic E-state index is 0.0385. The summed E-state index contributed by atoms with van der Waals surface area (Å²) in [5.74, 6) is -0.562.